The van der Waals surface area contributed by atoms with E-state index in [2.05, 4.69) is 31.9 Å². The molecule has 2 rings (SSSR count). The number of rotatable bonds is 22. The van der Waals surface area contributed by atoms with Crippen LogP contribution in [0.2, 0.25) is 0 Å². The van der Waals surface area contributed by atoms with Crippen molar-refractivity contribution in [3.8, 4) is 0 Å². The molecule has 0 saturated carbocycles. The molecule has 1 aliphatic rings. The van der Waals surface area contributed by atoms with Crippen molar-refractivity contribution in [2.45, 2.75) is 58.5 Å². The Kier molecular flexibility index (Phi) is 17.3. The summed E-state index contributed by atoms with van der Waals surface area (Å²) in [5.41, 5.74) is 6.75. The van der Waals surface area contributed by atoms with E-state index in [0.29, 0.717) is 18.7 Å². The minimum absolute atomic E-state index is 0.00121. The van der Waals surface area contributed by atoms with Crippen molar-refractivity contribution in [3.63, 3.8) is 0 Å². The third-order valence-electron chi connectivity index (χ3n) is 7.19. The number of carbonyl (C=O) groups excluding carboxylic acids is 7. The lowest BCUT2D eigenvalue weighted by Gasteiger charge is -2.25. The first-order valence-electron chi connectivity index (χ1n) is 16.0. The molecule has 1 heterocycles. The highest BCUT2D eigenvalue weighted by Crippen LogP contribution is 2.11. The molecule has 264 valence electrons. The van der Waals surface area contributed by atoms with Gasteiger partial charge in [-0.15, -0.1) is 0 Å². The number of hydrogen-bond acceptors (Lipinski definition) is 9. The third-order valence-corrected chi connectivity index (χ3v) is 7.19. The van der Waals surface area contributed by atoms with Gasteiger partial charge in [0, 0.05) is 63.4 Å². The summed E-state index contributed by atoms with van der Waals surface area (Å²) in [6.07, 6.45) is 3.07. The van der Waals surface area contributed by atoms with Crippen molar-refractivity contribution >= 4 is 47.2 Å². The molecule has 1 aromatic rings. The van der Waals surface area contributed by atoms with Crippen LogP contribution in [0.4, 0.5) is 10.5 Å². The lowest BCUT2D eigenvalue weighted by molar-refractivity contribution is -0.137. The van der Waals surface area contributed by atoms with Crippen molar-refractivity contribution in [2.24, 2.45) is 11.7 Å². The normalized spacial score (nSPS) is 13.6. The molecule has 0 aliphatic carbocycles. The van der Waals surface area contributed by atoms with Gasteiger partial charge in [-0.1, -0.05) is 31.5 Å². The first kappa shape index (κ1) is 39.3. The van der Waals surface area contributed by atoms with E-state index < -0.39 is 35.8 Å². The lowest BCUT2D eigenvalue weighted by atomic mass is 10.0. The van der Waals surface area contributed by atoms with E-state index in [9.17, 15) is 33.6 Å². The van der Waals surface area contributed by atoms with Gasteiger partial charge in [-0.3, -0.25) is 33.7 Å². The number of nitrogens with one attached hydrogen (secondary N) is 6. The quantitative estimate of drug-likeness (QED) is 0.0617. The van der Waals surface area contributed by atoms with Crippen molar-refractivity contribution in [1.82, 2.24) is 31.5 Å². The molecule has 0 bridgehead atoms. The molecular weight excluding hydrogens is 624 g/mol. The Balaban J connectivity index is 1.69. The molecule has 0 fully saturated rings. The highest BCUT2D eigenvalue weighted by atomic mass is 16.5. The lowest BCUT2D eigenvalue weighted by Crippen LogP contribution is -2.54. The van der Waals surface area contributed by atoms with Gasteiger partial charge < -0.3 is 42.4 Å². The highest BCUT2D eigenvalue weighted by Gasteiger charge is 2.27. The first-order valence-corrected chi connectivity index (χ1v) is 16.0. The fourth-order valence-electron chi connectivity index (χ4n) is 4.55. The maximum absolute atomic E-state index is 13.3. The van der Waals surface area contributed by atoms with E-state index in [0.717, 1.165) is 22.6 Å². The summed E-state index contributed by atoms with van der Waals surface area (Å²) < 4.78 is 5.39. The average Bonchev–Trinajstić information content (AvgIpc) is 3.35. The Morgan fingerprint density at radius 1 is 0.812 bits per heavy atom. The Morgan fingerprint density at radius 3 is 2.10 bits per heavy atom. The maximum atomic E-state index is 13.3. The van der Waals surface area contributed by atoms with Gasteiger partial charge in [-0.25, -0.2) is 4.79 Å². The molecule has 1 aliphatic heterocycles. The zero-order valence-electron chi connectivity index (χ0n) is 27.8. The summed E-state index contributed by atoms with van der Waals surface area (Å²) in [5.74, 6) is -2.36. The van der Waals surface area contributed by atoms with Crippen molar-refractivity contribution in [1.29, 1.82) is 0 Å². The number of urea groups is 1. The van der Waals surface area contributed by atoms with E-state index >= 15 is 0 Å². The number of nitrogens with two attached hydrogens (primary N) is 1. The molecule has 8 amide bonds. The van der Waals surface area contributed by atoms with Gasteiger partial charge in [0.1, 0.15) is 6.04 Å². The zero-order valence-corrected chi connectivity index (χ0v) is 27.8. The summed E-state index contributed by atoms with van der Waals surface area (Å²) in [6.45, 7) is 6.97. The minimum Gasteiger partial charge on any atom is -0.379 e. The summed E-state index contributed by atoms with van der Waals surface area (Å²) in [6, 6.07) is 5.08. The molecule has 16 nitrogen and oxygen atoms in total. The minimum atomic E-state index is -0.867. The topological polar surface area (TPSA) is 230 Å². The van der Waals surface area contributed by atoms with Crippen LogP contribution < -0.4 is 37.6 Å². The number of hydrogen-bond donors (Lipinski definition) is 7. The van der Waals surface area contributed by atoms with Crippen LogP contribution in [-0.4, -0.2) is 104 Å². The predicted molar refractivity (Wildman–Crippen MR) is 177 cm³/mol. The Bertz CT molecular complexity index is 1280. The molecule has 2 atom stereocenters. The molecule has 0 radical (unpaired) electrons. The number of ether oxygens (including phenoxy) is 1. The van der Waals surface area contributed by atoms with Crippen LogP contribution in [0.25, 0.3) is 0 Å². The smallest absolute Gasteiger partial charge is 0.312 e. The fourth-order valence-corrected chi connectivity index (χ4v) is 4.55. The monoisotopic (exact) mass is 672 g/mol. The van der Waals surface area contributed by atoms with Crippen LogP contribution in [0.5, 0.6) is 0 Å². The number of aryl methyl sites for hydroxylation is 1. The van der Waals surface area contributed by atoms with Crippen LogP contribution >= 0.6 is 0 Å². The van der Waals surface area contributed by atoms with Gasteiger partial charge in [-0.2, -0.15) is 0 Å². The number of primary amides is 1. The number of carbonyl (C=O) groups is 7. The van der Waals surface area contributed by atoms with Gasteiger partial charge in [0.25, 0.3) is 11.8 Å². The second-order valence-corrected chi connectivity index (χ2v) is 11.5. The van der Waals surface area contributed by atoms with E-state index in [1.807, 2.05) is 32.9 Å². The highest BCUT2D eigenvalue weighted by molar-refractivity contribution is 6.13. The predicted octanol–water partition coefficient (Wildman–Crippen LogP) is -0.565. The van der Waals surface area contributed by atoms with Gasteiger partial charge in [-0.05, 0) is 37.8 Å². The molecule has 16 heteroatoms. The Morgan fingerprint density at radius 2 is 1.46 bits per heavy atom. The maximum Gasteiger partial charge on any atom is 0.312 e. The molecule has 0 saturated heterocycles. The molecule has 48 heavy (non-hydrogen) atoms. The van der Waals surface area contributed by atoms with Gasteiger partial charge in [0.05, 0.1) is 19.3 Å². The fraction of sp³-hybridized carbons (Fsp3) is 0.531. The molecule has 0 aromatic heterocycles. The summed E-state index contributed by atoms with van der Waals surface area (Å²) >= 11 is 0. The van der Waals surface area contributed by atoms with Crippen LogP contribution in [0.3, 0.4) is 0 Å². The Labute approximate surface area is 280 Å². The number of amides is 8. The van der Waals surface area contributed by atoms with Crippen molar-refractivity contribution < 1.29 is 38.3 Å². The third kappa shape index (κ3) is 15.2. The molecule has 8 N–H and O–H groups in total. The van der Waals surface area contributed by atoms with Crippen LogP contribution in [0.15, 0.2) is 36.4 Å². The van der Waals surface area contributed by atoms with Crippen molar-refractivity contribution in [3.05, 3.63) is 42.0 Å². The second-order valence-electron chi connectivity index (χ2n) is 11.5. The van der Waals surface area contributed by atoms with E-state index in [1.54, 1.807) is 12.1 Å². The standard InChI is InChI=1S/C32H48N8O8/c1-21(2)29(31(46)39-24(5-4-14-37-32(33)47)30(45)38-23-8-6-22(3)7-9-23)36-16-15-34-26(42)13-19-48-20-17-35-25(41)12-18-40-27(43)10-11-28(40)44/h6-11,21,24,29,36H,4-5,12-20H2,1-3H3,(H,34,42)(H,35,41)(H,38,45)(H,39,46)(H3,33,37,47)/t24-,29-/m0/s1. The number of nitrogens with zero attached hydrogens (tertiary/aromatic N) is 1. The molecule has 1 aromatic carbocycles. The molecule has 0 spiro atoms. The van der Waals surface area contributed by atoms with Crippen LogP contribution in [0, 0.1) is 12.8 Å². The van der Waals surface area contributed by atoms with Gasteiger partial charge in [0.15, 0.2) is 0 Å². The number of imide groups is 1. The van der Waals surface area contributed by atoms with Gasteiger partial charge >= 0.3 is 6.03 Å². The van der Waals surface area contributed by atoms with Crippen LogP contribution in [-0.2, 0) is 33.5 Å². The Hall–Kier alpha value is -4.83. The van der Waals surface area contributed by atoms with E-state index in [1.165, 1.54) is 0 Å². The second kappa shape index (κ2) is 21.1. The molecular formula is C32H48N8O8. The summed E-state index contributed by atoms with van der Waals surface area (Å²) in [4.78, 5) is 85.5. The van der Waals surface area contributed by atoms with E-state index in [4.69, 9.17) is 10.5 Å². The SMILES string of the molecule is Cc1ccc(NC(=O)[C@H](CCCNC(N)=O)NC(=O)[C@@H](NCCNC(=O)CCOCCNC(=O)CCN2C(=O)C=CC2=O)C(C)C)cc1. The van der Waals surface area contributed by atoms with E-state index in [-0.39, 0.29) is 82.3 Å². The van der Waals surface area contributed by atoms with Crippen molar-refractivity contribution in [2.75, 3.05) is 51.3 Å². The summed E-state index contributed by atoms with van der Waals surface area (Å²) in [7, 11) is 0. The zero-order chi connectivity index (χ0) is 35.5. The average molecular weight is 673 g/mol. The summed E-state index contributed by atoms with van der Waals surface area (Å²) in [5, 5.41) is 16.6. The first-order chi connectivity index (χ1) is 22.9. The number of benzene rings is 1. The largest absolute Gasteiger partial charge is 0.379 e. The van der Waals surface area contributed by atoms with Crippen LogP contribution in [0.1, 0.15) is 45.1 Å². The molecule has 0 unspecified atom stereocenters. The van der Waals surface area contributed by atoms with Gasteiger partial charge in [0.2, 0.25) is 23.6 Å². The number of anilines is 1.